The molecule has 0 aliphatic rings. The summed E-state index contributed by atoms with van der Waals surface area (Å²) in [6.07, 6.45) is 5.04. The van der Waals surface area contributed by atoms with Crippen LogP contribution in [0.1, 0.15) is 22.8 Å². The Bertz CT molecular complexity index is 1140. The summed E-state index contributed by atoms with van der Waals surface area (Å²) in [4.78, 5) is 24.9. The van der Waals surface area contributed by atoms with E-state index in [-0.39, 0.29) is 6.61 Å². The molecule has 3 rings (SSSR count). The molecule has 0 aromatic heterocycles. The van der Waals surface area contributed by atoms with Gasteiger partial charge in [-0.05, 0) is 29.3 Å². The average molecular weight is 459 g/mol. The zero-order valence-corrected chi connectivity index (χ0v) is 19.0. The topological polar surface area (TPSA) is 71.1 Å². The molecule has 1 atom stereocenters. The van der Waals surface area contributed by atoms with Crippen LogP contribution in [-0.2, 0) is 19.1 Å². The fourth-order valence-corrected chi connectivity index (χ4v) is 3.20. The molecule has 174 valence electrons. The van der Waals surface area contributed by atoms with E-state index in [9.17, 15) is 9.59 Å². The molecule has 0 aliphatic carbocycles. The van der Waals surface area contributed by atoms with E-state index in [0.717, 1.165) is 11.1 Å². The van der Waals surface area contributed by atoms with Crippen molar-refractivity contribution in [3.05, 3.63) is 108 Å². The van der Waals surface area contributed by atoms with Crippen molar-refractivity contribution in [2.45, 2.75) is 6.10 Å². The van der Waals surface area contributed by atoms with Crippen molar-refractivity contribution in [1.29, 1.82) is 0 Å². The summed E-state index contributed by atoms with van der Waals surface area (Å²) < 4.78 is 21.9. The largest absolute Gasteiger partial charge is 0.493 e. The molecule has 6 heteroatoms. The van der Waals surface area contributed by atoms with Gasteiger partial charge >= 0.3 is 11.9 Å². The number of carbonyl (C=O) groups excluding carboxylic acids is 2. The zero-order chi connectivity index (χ0) is 24.2. The second kappa shape index (κ2) is 12.6. The Kier molecular flexibility index (Phi) is 9.05. The summed E-state index contributed by atoms with van der Waals surface area (Å²) in [5.41, 5.74) is 2.23. The highest BCUT2D eigenvalue weighted by Gasteiger charge is 2.24. The number of para-hydroxylation sites is 1. The Morgan fingerprint density at radius 1 is 0.735 bits per heavy atom. The molecule has 0 spiro atoms. The van der Waals surface area contributed by atoms with Gasteiger partial charge in [0, 0.05) is 17.7 Å². The molecule has 3 aromatic rings. The lowest BCUT2D eigenvalue weighted by Gasteiger charge is -2.21. The third-order valence-electron chi connectivity index (χ3n) is 4.84. The number of ether oxygens (including phenoxy) is 4. The lowest BCUT2D eigenvalue weighted by atomic mass is 10.1. The van der Waals surface area contributed by atoms with Crippen molar-refractivity contribution in [3.8, 4) is 11.5 Å². The highest BCUT2D eigenvalue weighted by atomic mass is 16.6. The Balaban J connectivity index is 1.76. The Morgan fingerprint density at radius 2 is 1.32 bits per heavy atom. The van der Waals surface area contributed by atoms with E-state index in [2.05, 4.69) is 0 Å². The summed E-state index contributed by atoms with van der Waals surface area (Å²) in [5.74, 6) is -0.289. The van der Waals surface area contributed by atoms with Gasteiger partial charge in [0.15, 0.2) is 17.6 Å². The predicted octanol–water partition coefficient (Wildman–Crippen LogP) is 5.26. The fourth-order valence-electron chi connectivity index (χ4n) is 3.20. The number of hydrogen-bond acceptors (Lipinski definition) is 6. The molecule has 0 N–H and O–H groups in total. The predicted molar refractivity (Wildman–Crippen MR) is 130 cm³/mol. The molecule has 0 aliphatic heterocycles. The second-order valence-corrected chi connectivity index (χ2v) is 7.13. The maximum Gasteiger partial charge on any atom is 0.331 e. The van der Waals surface area contributed by atoms with Crippen molar-refractivity contribution in [3.63, 3.8) is 0 Å². The van der Waals surface area contributed by atoms with E-state index >= 15 is 0 Å². The molecule has 34 heavy (non-hydrogen) atoms. The summed E-state index contributed by atoms with van der Waals surface area (Å²) in [6.45, 7) is -0.202. The maximum absolute atomic E-state index is 12.6. The molecular formula is C28H26O6. The molecule has 3 aromatic carbocycles. The van der Waals surface area contributed by atoms with Crippen molar-refractivity contribution in [2.24, 2.45) is 0 Å². The van der Waals surface area contributed by atoms with Crippen LogP contribution in [0.3, 0.4) is 0 Å². The number of hydrogen-bond donors (Lipinski definition) is 0. The van der Waals surface area contributed by atoms with Crippen LogP contribution in [0.4, 0.5) is 0 Å². The third-order valence-corrected chi connectivity index (χ3v) is 4.84. The van der Waals surface area contributed by atoms with Crippen LogP contribution in [0.2, 0.25) is 0 Å². The van der Waals surface area contributed by atoms with Crippen LogP contribution in [0.25, 0.3) is 12.2 Å². The molecular weight excluding hydrogens is 432 g/mol. The summed E-state index contributed by atoms with van der Waals surface area (Å²) in [6, 6.07) is 24.0. The molecule has 0 saturated heterocycles. The van der Waals surface area contributed by atoms with Gasteiger partial charge < -0.3 is 18.9 Å². The van der Waals surface area contributed by atoms with Gasteiger partial charge in [-0.1, -0.05) is 72.8 Å². The van der Waals surface area contributed by atoms with Crippen molar-refractivity contribution >= 4 is 24.1 Å². The van der Waals surface area contributed by atoms with Gasteiger partial charge in [0.1, 0.15) is 6.61 Å². The summed E-state index contributed by atoms with van der Waals surface area (Å²) >= 11 is 0. The van der Waals surface area contributed by atoms with Crippen molar-refractivity contribution < 1.29 is 28.5 Å². The van der Waals surface area contributed by atoms with Crippen LogP contribution in [0, 0.1) is 0 Å². The number of rotatable bonds is 10. The van der Waals surface area contributed by atoms with E-state index in [1.165, 1.54) is 26.4 Å². The van der Waals surface area contributed by atoms with Crippen LogP contribution in [-0.4, -0.2) is 32.8 Å². The van der Waals surface area contributed by atoms with Crippen LogP contribution in [0.5, 0.6) is 11.5 Å². The minimum atomic E-state index is -0.910. The average Bonchev–Trinajstić information content (AvgIpc) is 2.89. The molecule has 0 heterocycles. The minimum Gasteiger partial charge on any atom is -0.493 e. The first-order chi connectivity index (χ1) is 16.6. The molecule has 0 bridgehead atoms. The first-order valence-corrected chi connectivity index (χ1v) is 10.6. The Labute approximate surface area is 199 Å². The van der Waals surface area contributed by atoms with E-state index in [1.54, 1.807) is 30.4 Å². The molecule has 0 saturated carbocycles. The first-order valence-electron chi connectivity index (χ1n) is 10.6. The first kappa shape index (κ1) is 24.3. The Morgan fingerprint density at radius 3 is 1.88 bits per heavy atom. The number of benzene rings is 3. The van der Waals surface area contributed by atoms with E-state index in [1.807, 2.05) is 60.7 Å². The molecule has 1 unspecified atom stereocenters. The van der Waals surface area contributed by atoms with Crippen molar-refractivity contribution in [2.75, 3.05) is 20.8 Å². The van der Waals surface area contributed by atoms with Gasteiger partial charge in [-0.3, -0.25) is 0 Å². The normalized spacial score (nSPS) is 11.8. The van der Waals surface area contributed by atoms with Gasteiger partial charge in [0.25, 0.3) is 0 Å². The smallest absolute Gasteiger partial charge is 0.331 e. The maximum atomic E-state index is 12.6. The van der Waals surface area contributed by atoms with Crippen LogP contribution >= 0.6 is 0 Å². The van der Waals surface area contributed by atoms with Gasteiger partial charge in [-0.2, -0.15) is 0 Å². The van der Waals surface area contributed by atoms with Gasteiger partial charge in [-0.15, -0.1) is 0 Å². The zero-order valence-electron chi connectivity index (χ0n) is 19.0. The van der Waals surface area contributed by atoms with Crippen LogP contribution < -0.4 is 9.47 Å². The SMILES string of the molecule is COc1cccc(C(COC(=O)/C=C/c2ccccc2)OC(=O)/C=C/c2ccccc2)c1OC. The monoisotopic (exact) mass is 458 g/mol. The van der Waals surface area contributed by atoms with E-state index in [4.69, 9.17) is 18.9 Å². The molecule has 0 amide bonds. The molecule has 0 fully saturated rings. The van der Waals surface area contributed by atoms with Gasteiger partial charge in [0.05, 0.1) is 14.2 Å². The highest BCUT2D eigenvalue weighted by Crippen LogP contribution is 2.36. The fraction of sp³-hybridized carbons (Fsp3) is 0.143. The standard InChI is InChI=1S/C28H26O6/c1-31-24-15-9-14-23(28(24)32-2)25(34-27(30)19-17-22-12-7-4-8-13-22)20-33-26(29)18-16-21-10-5-3-6-11-21/h3-19,25H,20H2,1-2H3/b18-16+,19-17+. The van der Waals surface area contributed by atoms with Crippen molar-refractivity contribution in [1.82, 2.24) is 0 Å². The minimum absolute atomic E-state index is 0.202. The molecule has 0 radical (unpaired) electrons. The molecule has 6 nitrogen and oxygen atoms in total. The van der Waals surface area contributed by atoms with E-state index < -0.39 is 18.0 Å². The van der Waals surface area contributed by atoms with Crippen LogP contribution in [0.15, 0.2) is 91.0 Å². The number of carbonyl (C=O) groups is 2. The lowest BCUT2D eigenvalue weighted by Crippen LogP contribution is -2.18. The van der Waals surface area contributed by atoms with Gasteiger partial charge in [0.2, 0.25) is 0 Å². The summed E-state index contributed by atoms with van der Waals surface area (Å²) in [5, 5.41) is 0. The Hall–Kier alpha value is -4.32. The van der Waals surface area contributed by atoms with E-state index in [0.29, 0.717) is 17.1 Å². The summed E-state index contributed by atoms with van der Waals surface area (Å²) in [7, 11) is 3.00. The second-order valence-electron chi connectivity index (χ2n) is 7.13. The lowest BCUT2D eigenvalue weighted by molar-refractivity contribution is -0.153. The number of esters is 2. The quantitative estimate of drug-likeness (QED) is 0.305. The van der Waals surface area contributed by atoms with Gasteiger partial charge in [-0.25, -0.2) is 9.59 Å². The highest BCUT2D eigenvalue weighted by molar-refractivity contribution is 5.88. The number of methoxy groups -OCH3 is 2. The third kappa shape index (κ3) is 7.10.